The molecule has 1 N–H and O–H groups in total. The van der Waals surface area contributed by atoms with Crippen LogP contribution in [0.1, 0.15) is 53.9 Å². The Balaban J connectivity index is 2.36. The van der Waals surface area contributed by atoms with Crippen LogP contribution in [-0.2, 0) is 0 Å². The Kier molecular flexibility index (Phi) is 7.25. The molecule has 1 aliphatic carbocycles. The summed E-state index contributed by atoms with van der Waals surface area (Å²) in [6.45, 7) is 16.4. The normalized spacial score (nSPS) is 29.2. The van der Waals surface area contributed by atoms with Crippen LogP contribution in [0.15, 0.2) is 0 Å². The predicted molar refractivity (Wildman–Crippen MR) is 80.9 cm³/mol. The molecule has 0 radical (unpaired) electrons. The minimum Gasteiger partial charge on any atom is -0.312 e. The number of nitrogens with zero attached hydrogens (tertiary/aromatic N) is 1. The van der Waals surface area contributed by atoms with Crippen LogP contribution in [0, 0.1) is 17.8 Å². The molecule has 1 fully saturated rings. The van der Waals surface area contributed by atoms with Crippen molar-refractivity contribution in [2.45, 2.75) is 59.9 Å². The highest BCUT2D eigenvalue weighted by Gasteiger charge is 2.29. The van der Waals surface area contributed by atoms with Gasteiger partial charge in [0, 0.05) is 19.1 Å². The first-order valence-corrected chi connectivity index (χ1v) is 8.04. The molecular weight excluding hydrogens is 220 g/mol. The molecule has 0 aromatic carbocycles. The van der Waals surface area contributed by atoms with Crippen molar-refractivity contribution in [3.63, 3.8) is 0 Å². The summed E-state index contributed by atoms with van der Waals surface area (Å²) in [5.41, 5.74) is 0. The fourth-order valence-corrected chi connectivity index (χ4v) is 3.38. The zero-order valence-electron chi connectivity index (χ0n) is 13.2. The highest BCUT2D eigenvalue weighted by molar-refractivity contribution is 4.85. The number of hydrogen-bond donors (Lipinski definition) is 1. The molecule has 0 aromatic rings. The van der Waals surface area contributed by atoms with Gasteiger partial charge in [-0.1, -0.05) is 41.0 Å². The van der Waals surface area contributed by atoms with E-state index >= 15 is 0 Å². The molecule has 108 valence electrons. The third-order valence-corrected chi connectivity index (χ3v) is 4.75. The van der Waals surface area contributed by atoms with Crippen LogP contribution < -0.4 is 5.32 Å². The first-order valence-electron chi connectivity index (χ1n) is 8.04. The molecule has 0 heterocycles. The first kappa shape index (κ1) is 16.0. The van der Waals surface area contributed by atoms with E-state index in [1.807, 2.05) is 0 Å². The highest BCUT2D eigenvalue weighted by atomic mass is 15.1. The van der Waals surface area contributed by atoms with Gasteiger partial charge < -0.3 is 10.2 Å². The zero-order chi connectivity index (χ0) is 13.5. The van der Waals surface area contributed by atoms with Gasteiger partial charge in [0.2, 0.25) is 0 Å². The zero-order valence-corrected chi connectivity index (χ0v) is 13.2. The SMILES string of the molecule is CCN(CC)CCNC1CC(C)CCC1C(C)C. The average Bonchev–Trinajstić information content (AvgIpc) is 2.34. The van der Waals surface area contributed by atoms with Gasteiger partial charge >= 0.3 is 0 Å². The van der Waals surface area contributed by atoms with Crippen molar-refractivity contribution in [3.8, 4) is 0 Å². The molecule has 1 saturated carbocycles. The molecule has 0 amide bonds. The molecule has 0 aliphatic heterocycles. The maximum atomic E-state index is 3.84. The number of hydrogen-bond acceptors (Lipinski definition) is 2. The highest BCUT2D eigenvalue weighted by Crippen LogP contribution is 2.33. The largest absolute Gasteiger partial charge is 0.312 e. The fourth-order valence-electron chi connectivity index (χ4n) is 3.38. The minimum absolute atomic E-state index is 0.754. The van der Waals surface area contributed by atoms with E-state index < -0.39 is 0 Å². The van der Waals surface area contributed by atoms with Crippen molar-refractivity contribution in [2.75, 3.05) is 26.2 Å². The van der Waals surface area contributed by atoms with Crippen molar-refractivity contribution in [1.29, 1.82) is 0 Å². The lowest BCUT2D eigenvalue weighted by molar-refractivity contribution is 0.165. The van der Waals surface area contributed by atoms with Crippen molar-refractivity contribution in [2.24, 2.45) is 17.8 Å². The van der Waals surface area contributed by atoms with Gasteiger partial charge in [-0.2, -0.15) is 0 Å². The molecule has 3 unspecified atom stereocenters. The molecule has 0 spiro atoms. The smallest absolute Gasteiger partial charge is 0.0107 e. The van der Waals surface area contributed by atoms with E-state index in [1.165, 1.54) is 38.9 Å². The minimum atomic E-state index is 0.754. The van der Waals surface area contributed by atoms with Gasteiger partial charge in [-0.15, -0.1) is 0 Å². The van der Waals surface area contributed by atoms with Crippen LogP contribution >= 0.6 is 0 Å². The summed E-state index contributed by atoms with van der Waals surface area (Å²) in [6.07, 6.45) is 4.22. The summed E-state index contributed by atoms with van der Waals surface area (Å²) in [6, 6.07) is 0.754. The van der Waals surface area contributed by atoms with E-state index in [4.69, 9.17) is 0 Å². The van der Waals surface area contributed by atoms with Gasteiger partial charge in [0.05, 0.1) is 0 Å². The van der Waals surface area contributed by atoms with Crippen LogP contribution in [0.3, 0.4) is 0 Å². The average molecular weight is 254 g/mol. The van der Waals surface area contributed by atoms with E-state index in [9.17, 15) is 0 Å². The number of nitrogens with one attached hydrogen (secondary N) is 1. The predicted octanol–water partition coefficient (Wildman–Crippen LogP) is 3.38. The molecule has 2 heteroatoms. The van der Waals surface area contributed by atoms with Crippen molar-refractivity contribution in [1.82, 2.24) is 10.2 Å². The summed E-state index contributed by atoms with van der Waals surface area (Å²) in [5.74, 6) is 2.62. The van der Waals surface area contributed by atoms with Crippen molar-refractivity contribution in [3.05, 3.63) is 0 Å². The lowest BCUT2D eigenvalue weighted by Crippen LogP contribution is -2.45. The van der Waals surface area contributed by atoms with E-state index in [2.05, 4.69) is 44.8 Å². The summed E-state index contributed by atoms with van der Waals surface area (Å²) >= 11 is 0. The first-order chi connectivity index (χ1) is 8.58. The molecule has 1 aliphatic rings. The third-order valence-electron chi connectivity index (χ3n) is 4.75. The monoisotopic (exact) mass is 254 g/mol. The van der Waals surface area contributed by atoms with Crippen LogP contribution in [0.4, 0.5) is 0 Å². The Morgan fingerprint density at radius 1 is 1.17 bits per heavy atom. The van der Waals surface area contributed by atoms with Crippen LogP contribution in [0.2, 0.25) is 0 Å². The lowest BCUT2D eigenvalue weighted by atomic mass is 9.74. The molecular formula is C16H34N2. The fraction of sp³-hybridized carbons (Fsp3) is 1.00. The van der Waals surface area contributed by atoms with E-state index in [0.717, 1.165) is 30.3 Å². The van der Waals surface area contributed by atoms with Gasteiger partial charge in [-0.3, -0.25) is 0 Å². The van der Waals surface area contributed by atoms with Crippen LogP contribution in [0.25, 0.3) is 0 Å². The van der Waals surface area contributed by atoms with Gasteiger partial charge in [0.25, 0.3) is 0 Å². The molecule has 0 saturated heterocycles. The Hall–Kier alpha value is -0.0800. The topological polar surface area (TPSA) is 15.3 Å². The van der Waals surface area contributed by atoms with Crippen LogP contribution in [-0.4, -0.2) is 37.1 Å². The Morgan fingerprint density at radius 2 is 1.83 bits per heavy atom. The van der Waals surface area contributed by atoms with E-state index in [1.54, 1.807) is 0 Å². The van der Waals surface area contributed by atoms with Gasteiger partial charge in [-0.25, -0.2) is 0 Å². The summed E-state index contributed by atoms with van der Waals surface area (Å²) in [5, 5.41) is 3.84. The number of likely N-dealkylation sites (N-methyl/N-ethyl adjacent to an activating group) is 1. The Labute approximate surface area is 115 Å². The standard InChI is InChI=1S/C16H34N2/c1-6-18(7-2)11-10-17-16-12-14(5)8-9-15(16)13(3)4/h13-17H,6-12H2,1-5H3. The van der Waals surface area contributed by atoms with Gasteiger partial charge in [0.1, 0.15) is 0 Å². The van der Waals surface area contributed by atoms with Crippen molar-refractivity contribution < 1.29 is 0 Å². The molecule has 3 atom stereocenters. The Bertz CT molecular complexity index is 211. The molecule has 18 heavy (non-hydrogen) atoms. The molecule has 0 aromatic heterocycles. The van der Waals surface area contributed by atoms with Gasteiger partial charge in [-0.05, 0) is 43.7 Å². The lowest BCUT2D eigenvalue weighted by Gasteiger charge is -2.38. The summed E-state index contributed by atoms with van der Waals surface area (Å²) in [7, 11) is 0. The molecule has 1 rings (SSSR count). The quantitative estimate of drug-likeness (QED) is 0.749. The maximum Gasteiger partial charge on any atom is 0.0107 e. The molecule has 2 nitrogen and oxygen atoms in total. The van der Waals surface area contributed by atoms with E-state index in [0.29, 0.717) is 0 Å². The second kappa shape index (κ2) is 8.16. The van der Waals surface area contributed by atoms with Gasteiger partial charge in [0.15, 0.2) is 0 Å². The number of rotatable bonds is 7. The second-order valence-corrected chi connectivity index (χ2v) is 6.41. The Morgan fingerprint density at radius 3 is 2.39 bits per heavy atom. The van der Waals surface area contributed by atoms with Crippen molar-refractivity contribution >= 4 is 0 Å². The summed E-state index contributed by atoms with van der Waals surface area (Å²) in [4.78, 5) is 2.50. The summed E-state index contributed by atoms with van der Waals surface area (Å²) < 4.78 is 0. The maximum absolute atomic E-state index is 3.84. The third kappa shape index (κ3) is 4.89. The second-order valence-electron chi connectivity index (χ2n) is 6.41. The van der Waals surface area contributed by atoms with Crippen LogP contribution in [0.5, 0.6) is 0 Å². The molecule has 0 bridgehead atoms. The van der Waals surface area contributed by atoms with E-state index in [-0.39, 0.29) is 0 Å².